The summed E-state index contributed by atoms with van der Waals surface area (Å²) in [4.78, 5) is 3.23. The number of halogens is 3. The molecule has 0 bridgehead atoms. The molecule has 1 rings (SSSR count). The minimum Gasteiger partial charge on any atom is -0.227 e. The third-order valence-electron chi connectivity index (χ3n) is 0.775. The Morgan fingerprint density at radius 2 is 2.11 bits per heavy atom. The Morgan fingerprint density at radius 1 is 1.44 bits per heavy atom. The number of hydrogen-bond acceptors (Lipinski definition) is 1. The van der Waals surface area contributed by atoms with Gasteiger partial charge in [0.05, 0.1) is 3.57 Å². The van der Waals surface area contributed by atoms with Gasteiger partial charge in [-0.15, -0.1) is 0 Å². The summed E-state index contributed by atoms with van der Waals surface area (Å²) >= 11 is 1.74. The van der Waals surface area contributed by atoms with E-state index in [-0.39, 0.29) is 0 Å². The van der Waals surface area contributed by atoms with Crippen LogP contribution in [0.3, 0.4) is 0 Å². The zero-order valence-corrected chi connectivity index (χ0v) is 6.39. The highest BCUT2D eigenvalue weighted by Crippen LogP contribution is 2.08. The molecular weight excluding hydrogens is 239 g/mol. The second-order valence-corrected chi connectivity index (χ2v) is 2.58. The summed E-state index contributed by atoms with van der Waals surface area (Å²) in [6.07, 6.45) is 1.14. The van der Waals surface area contributed by atoms with Crippen LogP contribution in [0.2, 0.25) is 0 Å². The maximum atomic E-state index is 12.3. The van der Waals surface area contributed by atoms with Crippen LogP contribution < -0.4 is 0 Å². The van der Waals surface area contributed by atoms with Crippen molar-refractivity contribution < 1.29 is 8.78 Å². The van der Waals surface area contributed by atoms with Crippen LogP contribution in [0.1, 0.15) is 0 Å². The number of pyridine rings is 1. The molecule has 1 aromatic rings. The largest absolute Gasteiger partial charge is 0.227 e. The van der Waals surface area contributed by atoms with E-state index in [0.717, 1.165) is 12.3 Å². The average molecular weight is 241 g/mol. The van der Waals surface area contributed by atoms with Crippen molar-refractivity contribution in [3.63, 3.8) is 0 Å². The smallest absolute Gasteiger partial charge is 0.215 e. The average Bonchev–Trinajstić information content (AvgIpc) is 1.80. The first-order valence-electron chi connectivity index (χ1n) is 2.16. The van der Waals surface area contributed by atoms with Crippen LogP contribution in [0.25, 0.3) is 0 Å². The SMILES string of the molecule is Fc1cc(F)c(I)cn1. The van der Waals surface area contributed by atoms with Crippen LogP contribution in [0.4, 0.5) is 8.78 Å². The summed E-state index contributed by atoms with van der Waals surface area (Å²) in [6, 6.07) is 0.752. The predicted molar refractivity (Wildman–Crippen MR) is 36.9 cm³/mol. The molecule has 1 nitrogen and oxygen atoms in total. The first-order valence-corrected chi connectivity index (χ1v) is 3.24. The van der Waals surface area contributed by atoms with Crippen molar-refractivity contribution in [1.29, 1.82) is 0 Å². The van der Waals surface area contributed by atoms with E-state index in [1.54, 1.807) is 22.6 Å². The lowest BCUT2D eigenvalue weighted by Gasteiger charge is -1.89. The first-order chi connectivity index (χ1) is 4.20. The van der Waals surface area contributed by atoms with Crippen molar-refractivity contribution >= 4 is 22.6 Å². The molecule has 0 N–H and O–H groups in total. The normalized spacial score (nSPS) is 9.67. The van der Waals surface area contributed by atoms with Crippen molar-refractivity contribution in [2.45, 2.75) is 0 Å². The molecule has 0 aliphatic heterocycles. The molecular formula is C5H2F2IN. The molecule has 0 aliphatic carbocycles. The van der Waals surface area contributed by atoms with Gasteiger partial charge in [0, 0.05) is 12.3 Å². The zero-order chi connectivity index (χ0) is 6.85. The van der Waals surface area contributed by atoms with Gasteiger partial charge in [-0.1, -0.05) is 0 Å². The van der Waals surface area contributed by atoms with Gasteiger partial charge < -0.3 is 0 Å². The predicted octanol–water partition coefficient (Wildman–Crippen LogP) is 1.96. The summed E-state index contributed by atoms with van der Waals surface area (Å²) in [7, 11) is 0. The lowest BCUT2D eigenvalue weighted by molar-refractivity contribution is 0.548. The van der Waals surface area contributed by atoms with E-state index in [1.807, 2.05) is 0 Å². The van der Waals surface area contributed by atoms with E-state index >= 15 is 0 Å². The molecule has 4 heteroatoms. The molecule has 9 heavy (non-hydrogen) atoms. The van der Waals surface area contributed by atoms with E-state index in [4.69, 9.17) is 0 Å². The van der Waals surface area contributed by atoms with Gasteiger partial charge in [0.2, 0.25) is 5.95 Å². The quantitative estimate of drug-likeness (QED) is 0.499. The third kappa shape index (κ3) is 1.57. The Morgan fingerprint density at radius 3 is 2.56 bits per heavy atom. The minimum atomic E-state index is -0.784. The highest BCUT2D eigenvalue weighted by Gasteiger charge is 1.98. The molecule has 1 aromatic heterocycles. The minimum absolute atomic E-state index is 0.328. The summed E-state index contributed by atoms with van der Waals surface area (Å²) in [5.41, 5.74) is 0. The Bertz CT molecular complexity index is 226. The van der Waals surface area contributed by atoms with Crippen LogP contribution in [0, 0.1) is 15.3 Å². The Kier molecular flexibility index (Phi) is 1.94. The highest BCUT2D eigenvalue weighted by atomic mass is 127. The molecule has 0 saturated heterocycles. The van der Waals surface area contributed by atoms with Crippen LogP contribution in [0.15, 0.2) is 12.3 Å². The van der Waals surface area contributed by atoms with E-state index in [9.17, 15) is 8.78 Å². The molecule has 0 aromatic carbocycles. The zero-order valence-electron chi connectivity index (χ0n) is 4.24. The van der Waals surface area contributed by atoms with Gasteiger partial charge in [-0.2, -0.15) is 4.39 Å². The number of rotatable bonds is 0. The lowest BCUT2D eigenvalue weighted by Crippen LogP contribution is -1.87. The fourth-order valence-electron chi connectivity index (χ4n) is 0.391. The molecule has 0 aliphatic rings. The van der Waals surface area contributed by atoms with Gasteiger partial charge in [0.1, 0.15) is 5.82 Å². The molecule has 0 amide bonds. The van der Waals surface area contributed by atoms with Gasteiger partial charge in [-0.3, -0.25) is 0 Å². The molecule has 0 saturated carbocycles. The standard InChI is InChI=1S/C5H2F2IN/c6-3-1-5(7)9-2-4(3)8/h1-2H. The van der Waals surface area contributed by atoms with Gasteiger partial charge in [0.15, 0.2) is 0 Å². The van der Waals surface area contributed by atoms with Crippen molar-refractivity contribution in [2.24, 2.45) is 0 Å². The summed E-state index contributed by atoms with van der Waals surface area (Å²) < 4.78 is 24.6. The Labute approximate surface area is 64.2 Å². The third-order valence-corrected chi connectivity index (χ3v) is 1.57. The monoisotopic (exact) mass is 241 g/mol. The fraction of sp³-hybridized carbons (Fsp3) is 0. The summed E-state index contributed by atoms with van der Waals surface area (Å²) in [6.45, 7) is 0. The first kappa shape index (κ1) is 6.85. The van der Waals surface area contributed by atoms with Crippen molar-refractivity contribution in [3.05, 3.63) is 27.6 Å². The lowest BCUT2D eigenvalue weighted by atomic mass is 10.5. The van der Waals surface area contributed by atoms with E-state index in [1.165, 1.54) is 0 Å². The van der Waals surface area contributed by atoms with Gasteiger partial charge in [-0.25, -0.2) is 9.37 Å². The summed E-state index contributed by atoms with van der Waals surface area (Å²) in [5.74, 6) is -1.35. The van der Waals surface area contributed by atoms with E-state index in [2.05, 4.69) is 4.98 Å². The molecule has 0 fully saturated rings. The van der Waals surface area contributed by atoms with Crippen molar-refractivity contribution in [1.82, 2.24) is 4.98 Å². The van der Waals surface area contributed by atoms with Crippen LogP contribution in [-0.2, 0) is 0 Å². The molecule has 48 valence electrons. The molecule has 0 spiro atoms. The number of nitrogens with zero attached hydrogens (tertiary/aromatic N) is 1. The van der Waals surface area contributed by atoms with Crippen LogP contribution in [0.5, 0.6) is 0 Å². The van der Waals surface area contributed by atoms with E-state index in [0.29, 0.717) is 3.57 Å². The van der Waals surface area contributed by atoms with Crippen molar-refractivity contribution in [2.75, 3.05) is 0 Å². The topological polar surface area (TPSA) is 12.9 Å². The van der Waals surface area contributed by atoms with Crippen molar-refractivity contribution in [3.8, 4) is 0 Å². The molecule has 1 heterocycles. The molecule has 0 atom stereocenters. The highest BCUT2D eigenvalue weighted by molar-refractivity contribution is 14.1. The Balaban J connectivity index is 3.17. The van der Waals surface area contributed by atoms with Crippen LogP contribution >= 0.6 is 22.6 Å². The second-order valence-electron chi connectivity index (χ2n) is 1.42. The molecule has 0 radical (unpaired) electrons. The fourth-order valence-corrected chi connectivity index (χ4v) is 0.686. The molecule has 0 unspecified atom stereocenters. The second kappa shape index (κ2) is 2.55. The van der Waals surface area contributed by atoms with Crippen LogP contribution in [-0.4, -0.2) is 4.98 Å². The Hall–Kier alpha value is -0.260. The van der Waals surface area contributed by atoms with Gasteiger partial charge in [0.25, 0.3) is 0 Å². The number of aromatic nitrogens is 1. The van der Waals surface area contributed by atoms with Gasteiger partial charge >= 0.3 is 0 Å². The maximum Gasteiger partial charge on any atom is 0.215 e. The number of hydrogen-bond donors (Lipinski definition) is 0. The summed E-state index contributed by atoms with van der Waals surface area (Å²) in [5, 5.41) is 0. The van der Waals surface area contributed by atoms with E-state index < -0.39 is 11.8 Å². The maximum absolute atomic E-state index is 12.3. The van der Waals surface area contributed by atoms with Gasteiger partial charge in [-0.05, 0) is 22.6 Å².